The molecule has 7 heteroatoms. The van der Waals surface area contributed by atoms with Crippen LogP contribution in [0.3, 0.4) is 0 Å². The van der Waals surface area contributed by atoms with Gasteiger partial charge in [-0.1, -0.05) is 11.8 Å². The number of nitrogens with zero attached hydrogens (tertiary/aromatic N) is 2. The summed E-state index contributed by atoms with van der Waals surface area (Å²) in [4.78, 5) is 16.4. The molecule has 1 aromatic carbocycles. The molecule has 1 aliphatic rings. The van der Waals surface area contributed by atoms with Crippen molar-refractivity contribution in [2.45, 2.75) is 19.6 Å². The maximum absolute atomic E-state index is 12.0. The van der Waals surface area contributed by atoms with E-state index in [0.29, 0.717) is 27.9 Å². The standard InChI is InChI=1S/C17H18N4O2S/c1-4-14(23-3)7-11(2)19-16(22)21-17-20-15-6-5-12(9-18)8-13(15)10-24-17/h4-8H,10H2,1-3H3,(H2,19,20,21,22)/b11-7+,14-4+. The van der Waals surface area contributed by atoms with Crippen molar-refractivity contribution in [3.8, 4) is 6.07 Å². The average molecular weight is 342 g/mol. The molecule has 0 bridgehead atoms. The molecule has 2 amide bonds. The van der Waals surface area contributed by atoms with Gasteiger partial charge in [0.05, 0.1) is 24.4 Å². The number of hydrogen-bond acceptors (Lipinski definition) is 5. The molecular weight excluding hydrogens is 324 g/mol. The molecule has 2 rings (SSSR count). The Labute approximate surface area is 145 Å². The molecule has 24 heavy (non-hydrogen) atoms. The molecule has 1 aliphatic heterocycles. The van der Waals surface area contributed by atoms with Gasteiger partial charge in [-0.15, -0.1) is 0 Å². The van der Waals surface area contributed by atoms with E-state index in [1.807, 2.05) is 13.0 Å². The lowest BCUT2D eigenvalue weighted by molar-refractivity contribution is 0.247. The smallest absolute Gasteiger partial charge is 0.324 e. The Morgan fingerprint density at radius 2 is 2.29 bits per heavy atom. The van der Waals surface area contributed by atoms with E-state index in [1.54, 1.807) is 38.3 Å². The largest absolute Gasteiger partial charge is 0.497 e. The van der Waals surface area contributed by atoms with Crippen LogP contribution in [0.25, 0.3) is 0 Å². The highest BCUT2D eigenvalue weighted by atomic mass is 32.2. The maximum atomic E-state index is 12.0. The van der Waals surface area contributed by atoms with Crippen molar-refractivity contribution in [2.24, 2.45) is 4.99 Å². The van der Waals surface area contributed by atoms with Gasteiger partial charge in [-0.25, -0.2) is 9.79 Å². The fourth-order valence-electron chi connectivity index (χ4n) is 2.05. The molecular formula is C17H18N4O2S. The SMILES string of the molecule is C/C=C(\C=C(/C)NC(=O)NC1=Nc2ccc(C#N)cc2CS1)OC. The van der Waals surface area contributed by atoms with Gasteiger partial charge in [0.25, 0.3) is 0 Å². The van der Waals surface area contributed by atoms with E-state index in [2.05, 4.69) is 21.7 Å². The molecule has 0 spiro atoms. The normalized spacial score (nSPS) is 14.2. The minimum atomic E-state index is -0.362. The van der Waals surface area contributed by atoms with Crippen LogP contribution in [0.15, 0.2) is 46.8 Å². The van der Waals surface area contributed by atoms with E-state index in [1.165, 1.54) is 11.8 Å². The van der Waals surface area contributed by atoms with E-state index in [9.17, 15) is 4.79 Å². The van der Waals surface area contributed by atoms with E-state index in [0.717, 1.165) is 11.3 Å². The number of benzene rings is 1. The van der Waals surface area contributed by atoms with Crippen LogP contribution < -0.4 is 10.6 Å². The molecule has 6 nitrogen and oxygen atoms in total. The zero-order chi connectivity index (χ0) is 17.5. The number of amides is 2. The van der Waals surface area contributed by atoms with Gasteiger partial charge < -0.3 is 10.1 Å². The Morgan fingerprint density at radius 1 is 1.50 bits per heavy atom. The number of allylic oxidation sites excluding steroid dienone is 3. The van der Waals surface area contributed by atoms with Crippen molar-refractivity contribution >= 4 is 28.6 Å². The molecule has 124 valence electrons. The molecule has 0 atom stereocenters. The summed E-state index contributed by atoms with van der Waals surface area (Å²) in [7, 11) is 1.57. The predicted octanol–water partition coefficient (Wildman–Crippen LogP) is 3.55. The number of ether oxygens (including phenoxy) is 1. The number of hydrogen-bond donors (Lipinski definition) is 2. The second-order valence-electron chi connectivity index (χ2n) is 4.96. The first-order valence-corrected chi connectivity index (χ1v) is 8.25. The Morgan fingerprint density at radius 3 is 2.96 bits per heavy atom. The topological polar surface area (TPSA) is 86.5 Å². The monoisotopic (exact) mass is 342 g/mol. The summed E-state index contributed by atoms with van der Waals surface area (Å²) in [6, 6.07) is 7.07. The third kappa shape index (κ3) is 4.64. The quantitative estimate of drug-likeness (QED) is 0.650. The third-order valence-electron chi connectivity index (χ3n) is 3.21. The van der Waals surface area contributed by atoms with E-state index >= 15 is 0 Å². The Hall–Kier alpha value is -2.72. The summed E-state index contributed by atoms with van der Waals surface area (Å²) in [6.45, 7) is 3.63. The number of fused-ring (bicyclic) bond motifs is 1. The number of carbonyl (C=O) groups excluding carboxylic acids is 1. The molecule has 1 heterocycles. The van der Waals surface area contributed by atoms with Crippen molar-refractivity contribution in [2.75, 3.05) is 7.11 Å². The lowest BCUT2D eigenvalue weighted by atomic mass is 10.1. The fourth-order valence-corrected chi connectivity index (χ4v) is 2.90. The number of amidine groups is 1. The summed E-state index contributed by atoms with van der Waals surface area (Å²) < 4.78 is 5.12. The van der Waals surface area contributed by atoms with Crippen LogP contribution in [0.4, 0.5) is 10.5 Å². The van der Waals surface area contributed by atoms with Gasteiger partial charge in [-0.2, -0.15) is 5.26 Å². The Kier molecular flexibility index (Phi) is 6.04. The van der Waals surface area contributed by atoms with Crippen molar-refractivity contribution < 1.29 is 9.53 Å². The third-order valence-corrected chi connectivity index (χ3v) is 4.13. The molecule has 0 fully saturated rings. The lowest BCUT2D eigenvalue weighted by Gasteiger charge is -2.16. The first-order chi connectivity index (χ1) is 11.5. The number of methoxy groups -OCH3 is 1. The van der Waals surface area contributed by atoms with Gasteiger partial charge >= 0.3 is 6.03 Å². The lowest BCUT2D eigenvalue weighted by Crippen LogP contribution is -2.37. The molecule has 2 N–H and O–H groups in total. The van der Waals surface area contributed by atoms with Gasteiger partial charge in [-0.05, 0) is 49.8 Å². The van der Waals surface area contributed by atoms with Gasteiger partial charge in [0.1, 0.15) is 5.76 Å². The molecule has 0 saturated carbocycles. The Bertz CT molecular complexity index is 775. The zero-order valence-corrected chi connectivity index (χ0v) is 14.5. The molecule has 0 radical (unpaired) electrons. The zero-order valence-electron chi connectivity index (χ0n) is 13.7. The highest BCUT2D eigenvalue weighted by molar-refractivity contribution is 8.13. The van der Waals surface area contributed by atoms with Crippen molar-refractivity contribution in [1.29, 1.82) is 5.26 Å². The summed E-state index contributed by atoms with van der Waals surface area (Å²) >= 11 is 1.42. The highest BCUT2D eigenvalue weighted by Crippen LogP contribution is 2.30. The van der Waals surface area contributed by atoms with Crippen molar-refractivity contribution in [3.63, 3.8) is 0 Å². The first kappa shape index (κ1) is 17.6. The van der Waals surface area contributed by atoms with Crippen LogP contribution >= 0.6 is 11.8 Å². The van der Waals surface area contributed by atoms with E-state index in [4.69, 9.17) is 10.00 Å². The molecule has 0 aromatic heterocycles. The van der Waals surface area contributed by atoms with Gasteiger partial charge in [0.15, 0.2) is 5.17 Å². The summed E-state index contributed by atoms with van der Waals surface area (Å²) in [5.41, 5.74) is 3.02. The van der Waals surface area contributed by atoms with Gasteiger partial charge in [-0.3, -0.25) is 5.32 Å². The minimum absolute atomic E-state index is 0.362. The molecule has 1 aromatic rings. The van der Waals surface area contributed by atoms with Crippen LogP contribution in [0, 0.1) is 11.3 Å². The van der Waals surface area contributed by atoms with E-state index < -0.39 is 0 Å². The van der Waals surface area contributed by atoms with Crippen LogP contribution in [-0.4, -0.2) is 18.3 Å². The molecule has 0 saturated heterocycles. The minimum Gasteiger partial charge on any atom is -0.497 e. The van der Waals surface area contributed by atoms with Crippen molar-refractivity contribution in [1.82, 2.24) is 10.6 Å². The van der Waals surface area contributed by atoms with Crippen molar-refractivity contribution in [3.05, 3.63) is 52.9 Å². The predicted molar refractivity (Wildman–Crippen MR) is 95.7 cm³/mol. The molecule has 0 unspecified atom stereocenters. The second kappa shape index (κ2) is 8.22. The number of nitriles is 1. The first-order valence-electron chi connectivity index (χ1n) is 7.27. The van der Waals surface area contributed by atoms with Gasteiger partial charge in [0, 0.05) is 11.4 Å². The highest BCUT2D eigenvalue weighted by Gasteiger charge is 2.15. The number of urea groups is 1. The second-order valence-corrected chi connectivity index (χ2v) is 5.93. The summed E-state index contributed by atoms with van der Waals surface area (Å²) in [5.74, 6) is 1.32. The summed E-state index contributed by atoms with van der Waals surface area (Å²) in [5, 5.41) is 14.9. The number of nitrogens with one attached hydrogen (secondary N) is 2. The fraction of sp³-hybridized carbons (Fsp3) is 0.235. The van der Waals surface area contributed by atoms with Crippen LogP contribution in [0.1, 0.15) is 25.0 Å². The van der Waals surface area contributed by atoms with Crippen LogP contribution in [-0.2, 0) is 10.5 Å². The number of aliphatic imine (C=N–C) groups is 1. The van der Waals surface area contributed by atoms with Crippen LogP contribution in [0.2, 0.25) is 0 Å². The Balaban J connectivity index is 2.02. The maximum Gasteiger partial charge on any atom is 0.324 e. The van der Waals surface area contributed by atoms with Crippen LogP contribution in [0.5, 0.6) is 0 Å². The summed E-state index contributed by atoms with van der Waals surface area (Å²) in [6.07, 6.45) is 3.53. The average Bonchev–Trinajstić information content (AvgIpc) is 2.58. The van der Waals surface area contributed by atoms with E-state index in [-0.39, 0.29) is 6.03 Å². The van der Waals surface area contributed by atoms with Gasteiger partial charge in [0.2, 0.25) is 0 Å². The number of carbonyl (C=O) groups is 1. The number of rotatable bonds is 3. The number of thioether (sulfide) groups is 1. The molecule has 0 aliphatic carbocycles.